The van der Waals surface area contributed by atoms with Gasteiger partial charge < -0.3 is 14.7 Å². The molecule has 2 rings (SSSR count). The van der Waals surface area contributed by atoms with Crippen molar-refractivity contribution < 1.29 is 9.84 Å². The van der Waals surface area contributed by atoms with Crippen LogP contribution in [0.3, 0.4) is 0 Å². The molecule has 1 fully saturated rings. The summed E-state index contributed by atoms with van der Waals surface area (Å²) in [4.78, 5) is 10.4. The Balaban J connectivity index is 2.21. The van der Waals surface area contributed by atoms with Crippen molar-refractivity contribution in [3.05, 3.63) is 17.5 Å². The molecule has 90 valence electrons. The fourth-order valence-electron chi connectivity index (χ4n) is 1.76. The van der Waals surface area contributed by atoms with E-state index in [1.165, 1.54) is 0 Å². The number of aliphatic hydroxyl groups excluding tert-OH is 1. The van der Waals surface area contributed by atoms with Gasteiger partial charge in [0.25, 0.3) is 0 Å². The highest BCUT2D eigenvalue weighted by molar-refractivity contribution is 5.36. The molecule has 1 aromatic rings. The molecule has 0 amide bonds. The number of rotatable bonds is 2. The van der Waals surface area contributed by atoms with E-state index in [9.17, 15) is 0 Å². The minimum Gasteiger partial charge on any atom is -0.394 e. The Bertz CT molecular complexity index is 444. The predicted molar refractivity (Wildman–Crippen MR) is 60.5 cm³/mol. The van der Waals surface area contributed by atoms with E-state index < -0.39 is 0 Å². The highest BCUT2D eigenvalue weighted by Gasteiger charge is 2.22. The van der Waals surface area contributed by atoms with Gasteiger partial charge in [0.2, 0.25) is 5.95 Å². The number of hydrogen-bond acceptors (Lipinski definition) is 6. The van der Waals surface area contributed by atoms with Gasteiger partial charge in [0.15, 0.2) is 0 Å². The van der Waals surface area contributed by atoms with Crippen LogP contribution in [0.25, 0.3) is 0 Å². The SMILES string of the molecule is Cc1cc(C#N)nc(N2CCOC(CO)C2)n1. The summed E-state index contributed by atoms with van der Waals surface area (Å²) >= 11 is 0. The van der Waals surface area contributed by atoms with Crippen molar-refractivity contribution in [2.75, 3.05) is 31.2 Å². The van der Waals surface area contributed by atoms with Gasteiger partial charge in [-0.15, -0.1) is 0 Å². The summed E-state index contributed by atoms with van der Waals surface area (Å²) in [6, 6.07) is 3.66. The summed E-state index contributed by atoms with van der Waals surface area (Å²) in [6.07, 6.45) is -0.210. The van der Waals surface area contributed by atoms with Gasteiger partial charge in [-0.25, -0.2) is 9.97 Å². The van der Waals surface area contributed by atoms with Gasteiger partial charge in [0.05, 0.1) is 19.3 Å². The Hall–Kier alpha value is -1.71. The fraction of sp³-hybridized carbons (Fsp3) is 0.545. The first-order valence-corrected chi connectivity index (χ1v) is 5.46. The van der Waals surface area contributed by atoms with Gasteiger partial charge >= 0.3 is 0 Å². The average molecular weight is 234 g/mol. The van der Waals surface area contributed by atoms with Crippen LogP contribution >= 0.6 is 0 Å². The molecule has 17 heavy (non-hydrogen) atoms. The van der Waals surface area contributed by atoms with Crippen LogP contribution < -0.4 is 4.90 Å². The molecule has 1 atom stereocenters. The molecule has 6 nitrogen and oxygen atoms in total. The van der Waals surface area contributed by atoms with Crippen LogP contribution in [0, 0.1) is 18.3 Å². The van der Waals surface area contributed by atoms with Crippen LogP contribution in [-0.2, 0) is 4.74 Å². The minimum atomic E-state index is -0.210. The molecule has 1 unspecified atom stereocenters. The van der Waals surface area contributed by atoms with Gasteiger partial charge in [-0.3, -0.25) is 0 Å². The molecule has 0 aromatic carbocycles. The van der Waals surface area contributed by atoms with Crippen LogP contribution in [0.4, 0.5) is 5.95 Å². The van der Waals surface area contributed by atoms with Gasteiger partial charge in [0.1, 0.15) is 11.8 Å². The largest absolute Gasteiger partial charge is 0.394 e. The van der Waals surface area contributed by atoms with Crippen LogP contribution in [0.2, 0.25) is 0 Å². The van der Waals surface area contributed by atoms with E-state index in [0.29, 0.717) is 31.3 Å². The topological polar surface area (TPSA) is 82.3 Å². The summed E-state index contributed by atoms with van der Waals surface area (Å²) < 4.78 is 5.35. The molecule has 1 aliphatic rings. The van der Waals surface area contributed by atoms with Crippen molar-refractivity contribution in [2.45, 2.75) is 13.0 Å². The second kappa shape index (κ2) is 5.08. The molecule has 1 N–H and O–H groups in total. The Morgan fingerprint density at radius 2 is 2.47 bits per heavy atom. The van der Waals surface area contributed by atoms with Crippen molar-refractivity contribution in [3.8, 4) is 6.07 Å². The number of hydrogen-bond donors (Lipinski definition) is 1. The minimum absolute atomic E-state index is 0.0204. The summed E-state index contributed by atoms with van der Waals surface area (Å²) in [5, 5.41) is 17.9. The fourth-order valence-corrected chi connectivity index (χ4v) is 1.76. The number of morpholine rings is 1. The van der Waals surface area contributed by atoms with E-state index in [4.69, 9.17) is 15.1 Å². The van der Waals surface area contributed by atoms with E-state index in [1.54, 1.807) is 6.07 Å². The molecule has 0 spiro atoms. The quantitative estimate of drug-likeness (QED) is 0.766. The Morgan fingerprint density at radius 3 is 3.18 bits per heavy atom. The zero-order valence-electron chi connectivity index (χ0n) is 9.63. The Labute approximate surface area is 99.5 Å². The molecule has 2 heterocycles. The Morgan fingerprint density at radius 1 is 1.65 bits per heavy atom. The highest BCUT2D eigenvalue weighted by atomic mass is 16.5. The maximum atomic E-state index is 9.07. The first-order valence-electron chi connectivity index (χ1n) is 5.46. The predicted octanol–water partition coefficient (Wildman–Crippen LogP) is -0.146. The smallest absolute Gasteiger partial charge is 0.226 e. The molecule has 0 aliphatic carbocycles. The van der Waals surface area contributed by atoms with Crippen molar-refractivity contribution in [1.82, 2.24) is 9.97 Å². The van der Waals surface area contributed by atoms with E-state index in [1.807, 2.05) is 17.9 Å². The highest BCUT2D eigenvalue weighted by Crippen LogP contribution is 2.14. The van der Waals surface area contributed by atoms with E-state index in [-0.39, 0.29) is 12.7 Å². The number of nitrogens with zero attached hydrogens (tertiary/aromatic N) is 4. The number of aromatic nitrogens is 2. The molecule has 1 aromatic heterocycles. The first-order chi connectivity index (χ1) is 8.22. The van der Waals surface area contributed by atoms with Crippen LogP contribution in [0.15, 0.2) is 6.07 Å². The van der Waals surface area contributed by atoms with E-state index in [0.717, 1.165) is 5.69 Å². The molecule has 1 aliphatic heterocycles. The summed E-state index contributed by atoms with van der Waals surface area (Å²) in [5.74, 6) is 0.531. The normalized spacial score (nSPS) is 20.1. The van der Waals surface area contributed by atoms with Crippen molar-refractivity contribution in [2.24, 2.45) is 0 Å². The number of nitriles is 1. The molecule has 0 radical (unpaired) electrons. The maximum absolute atomic E-state index is 9.07. The lowest BCUT2D eigenvalue weighted by molar-refractivity contribution is 0.00313. The molecule has 0 saturated carbocycles. The van der Waals surface area contributed by atoms with E-state index >= 15 is 0 Å². The lowest BCUT2D eigenvalue weighted by atomic mass is 10.3. The monoisotopic (exact) mass is 234 g/mol. The number of aryl methyl sites for hydroxylation is 1. The standard InChI is InChI=1S/C11H14N4O2/c1-8-4-9(5-12)14-11(13-8)15-2-3-17-10(6-15)7-16/h4,10,16H,2-3,6-7H2,1H3. The lowest BCUT2D eigenvalue weighted by Crippen LogP contribution is -2.44. The van der Waals surface area contributed by atoms with Crippen LogP contribution in [0.1, 0.15) is 11.4 Å². The third-order valence-corrected chi connectivity index (χ3v) is 2.58. The summed E-state index contributed by atoms with van der Waals surface area (Å²) in [6.45, 7) is 3.56. The van der Waals surface area contributed by atoms with Gasteiger partial charge in [-0.05, 0) is 13.0 Å². The van der Waals surface area contributed by atoms with Crippen molar-refractivity contribution in [1.29, 1.82) is 5.26 Å². The van der Waals surface area contributed by atoms with Crippen molar-refractivity contribution >= 4 is 5.95 Å². The van der Waals surface area contributed by atoms with Gasteiger partial charge in [0, 0.05) is 18.8 Å². The molecule has 0 bridgehead atoms. The third-order valence-electron chi connectivity index (χ3n) is 2.58. The zero-order chi connectivity index (χ0) is 12.3. The number of aliphatic hydroxyl groups is 1. The van der Waals surface area contributed by atoms with Crippen LogP contribution in [0.5, 0.6) is 0 Å². The first kappa shape index (κ1) is 11.8. The van der Waals surface area contributed by atoms with Crippen molar-refractivity contribution in [3.63, 3.8) is 0 Å². The summed E-state index contributed by atoms with van der Waals surface area (Å²) in [5.41, 5.74) is 1.12. The summed E-state index contributed by atoms with van der Waals surface area (Å²) in [7, 11) is 0. The number of ether oxygens (including phenoxy) is 1. The molecular formula is C11H14N4O2. The number of anilines is 1. The molecule has 1 saturated heterocycles. The third kappa shape index (κ3) is 2.70. The van der Waals surface area contributed by atoms with Crippen LogP contribution in [-0.4, -0.2) is 47.5 Å². The lowest BCUT2D eigenvalue weighted by Gasteiger charge is -2.32. The molecule has 6 heteroatoms. The second-order valence-corrected chi connectivity index (χ2v) is 3.93. The Kier molecular flexibility index (Phi) is 3.52. The van der Waals surface area contributed by atoms with Gasteiger partial charge in [-0.2, -0.15) is 5.26 Å². The van der Waals surface area contributed by atoms with E-state index in [2.05, 4.69) is 9.97 Å². The average Bonchev–Trinajstić information content (AvgIpc) is 2.38. The maximum Gasteiger partial charge on any atom is 0.226 e. The second-order valence-electron chi connectivity index (χ2n) is 3.93. The molecular weight excluding hydrogens is 220 g/mol. The van der Waals surface area contributed by atoms with Gasteiger partial charge in [-0.1, -0.05) is 0 Å². The zero-order valence-corrected chi connectivity index (χ0v) is 9.63.